The molecule has 0 aliphatic carbocycles. The molecular weight excluding hydrogens is 292 g/mol. The van der Waals surface area contributed by atoms with E-state index in [1.165, 1.54) is 0 Å². The molecule has 0 aliphatic rings. The van der Waals surface area contributed by atoms with Crippen molar-refractivity contribution in [3.05, 3.63) is 54.6 Å². The van der Waals surface area contributed by atoms with Crippen LogP contribution in [0, 0.1) is 0 Å². The van der Waals surface area contributed by atoms with Crippen LogP contribution in [-0.4, -0.2) is 37.3 Å². The summed E-state index contributed by atoms with van der Waals surface area (Å²) in [6.45, 7) is 2.97. The number of aliphatic hydroxyl groups is 1. The molecule has 0 heterocycles. The molecule has 0 aromatic heterocycles. The van der Waals surface area contributed by atoms with E-state index in [4.69, 9.17) is 4.74 Å². The number of anilines is 2. The molecule has 23 heavy (non-hydrogen) atoms. The van der Waals surface area contributed by atoms with Crippen LogP contribution in [0.4, 0.5) is 11.4 Å². The molecule has 2 N–H and O–H groups in total. The van der Waals surface area contributed by atoms with E-state index < -0.39 is 0 Å². The first-order valence-electron chi connectivity index (χ1n) is 7.67. The minimum Gasteiger partial charge on any atom is -0.492 e. The number of hydrogen-bond donors (Lipinski definition) is 2. The largest absolute Gasteiger partial charge is 0.492 e. The summed E-state index contributed by atoms with van der Waals surface area (Å²) in [7, 11) is 0. The van der Waals surface area contributed by atoms with E-state index in [2.05, 4.69) is 5.32 Å². The number of carbonyl (C=O) groups excluding carboxylic acids is 1. The van der Waals surface area contributed by atoms with Gasteiger partial charge in [-0.05, 0) is 31.2 Å². The van der Waals surface area contributed by atoms with E-state index in [0.29, 0.717) is 24.6 Å². The van der Waals surface area contributed by atoms with E-state index >= 15 is 0 Å². The lowest BCUT2D eigenvalue weighted by Crippen LogP contribution is -2.35. The van der Waals surface area contributed by atoms with Crippen molar-refractivity contribution in [3.8, 4) is 5.75 Å². The Labute approximate surface area is 136 Å². The fourth-order valence-electron chi connectivity index (χ4n) is 2.27. The Balaban J connectivity index is 2.05. The molecular formula is C18H22N2O3. The first kappa shape index (κ1) is 16.8. The van der Waals surface area contributed by atoms with Crippen LogP contribution in [0.2, 0.25) is 0 Å². The Kier molecular flexibility index (Phi) is 6.44. The second-order valence-electron chi connectivity index (χ2n) is 4.96. The van der Waals surface area contributed by atoms with Crippen LogP contribution in [0.5, 0.6) is 5.75 Å². The van der Waals surface area contributed by atoms with Crippen molar-refractivity contribution >= 4 is 17.3 Å². The highest BCUT2D eigenvalue weighted by Crippen LogP contribution is 2.23. The Hall–Kier alpha value is -2.53. The van der Waals surface area contributed by atoms with Crippen molar-refractivity contribution in [1.29, 1.82) is 0 Å². The number of para-hydroxylation sites is 3. The molecule has 2 aromatic rings. The van der Waals surface area contributed by atoms with Gasteiger partial charge in [0.15, 0.2) is 0 Å². The van der Waals surface area contributed by atoms with Gasteiger partial charge in [0.05, 0.1) is 25.4 Å². The van der Waals surface area contributed by atoms with Crippen LogP contribution in [0.1, 0.15) is 6.92 Å². The fourth-order valence-corrected chi connectivity index (χ4v) is 2.27. The summed E-state index contributed by atoms with van der Waals surface area (Å²) in [5.74, 6) is 0.492. The average Bonchev–Trinajstić information content (AvgIpc) is 2.57. The Morgan fingerprint density at radius 2 is 1.83 bits per heavy atom. The number of nitrogens with one attached hydrogen (secondary N) is 1. The molecule has 0 atom stereocenters. The molecule has 0 aliphatic heterocycles. The van der Waals surface area contributed by atoms with E-state index in [1.807, 2.05) is 66.4 Å². The zero-order valence-electron chi connectivity index (χ0n) is 13.2. The lowest BCUT2D eigenvalue weighted by Gasteiger charge is -2.23. The third-order valence-corrected chi connectivity index (χ3v) is 3.29. The smallest absolute Gasteiger partial charge is 0.243 e. The van der Waals surface area contributed by atoms with Gasteiger partial charge >= 0.3 is 0 Å². The summed E-state index contributed by atoms with van der Waals surface area (Å²) in [5.41, 5.74) is 1.55. The molecule has 0 bridgehead atoms. The minimum atomic E-state index is -0.158. The van der Waals surface area contributed by atoms with Gasteiger partial charge in [-0.1, -0.05) is 30.3 Å². The average molecular weight is 314 g/mol. The lowest BCUT2D eigenvalue weighted by atomic mass is 10.2. The quantitative estimate of drug-likeness (QED) is 0.786. The normalized spacial score (nSPS) is 10.2. The van der Waals surface area contributed by atoms with E-state index in [0.717, 1.165) is 5.69 Å². The van der Waals surface area contributed by atoms with E-state index in [9.17, 15) is 9.90 Å². The monoisotopic (exact) mass is 314 g/mol. The maximum atomic E-state index is 12.3. The molecule has 2 rings (SSSR count). The van der Waals surface area contributed by atoms with Gasteiger partial charge in [0.2, 0.25) is 5.91 Å². The van der Waals surface area contributed by atoms with E-state index in [-0.39, 0.29) is 19.1 Å². The number of carbonyl (C=O) groups is 1. The van der Waals surface area contributed by atoms with Crippen LogP contribution in [0.15, 0.2) is 54.6 Å². The molecule has 0 saturated heterocycles. The molecule has 0 radical (unpaired) electrons. The van der Waals surface area contributed by atoms with Gasteiger partial charge in [-0.3, -0.25) is 4.79 Å². The Bertz CT molecular complexity index is 617. The molecule has 0 saturated carbocycles. The van der Waals surface area contributed by atoms with Crippen LogP contribution < -0.4 is 15.0 Å². The zero-order valence-corrected chi connectivity index (χ0v) is 13.2. The Morgan fingerprint density at radius 1 is 1.13 bits per heavy atom. The first-order chi connectivity index (χ1) is 11.2. The summed E-state index contributed by atoms with van der Waals surface area (Å²) in [4.78, 5) is 14.2. The molecule has 1 amide bonds. The Morgan fingerprint density at radius 3 is 2.52 bits per heavy atom. The van der Waals surface area contributed by atoms with Crippen molar-refractivity contribution in [2.45, 2.75) is 6.92 Å². The van der Waals surface area contributed by atoms with Crippen molar-refractivity contribution in [3.63, 3.8) is 0 Å². The second kappa shape index (κ2) is 8.80. The van der Waals surface area contributed by atoms with Crippen molar-refractivity contribution in [1.82, 2.24) is 0 Å². The van der Waals surface area contributed by atoms with Gasteiger partial charge in [0.25, 0.3) is 0 Å². The second-order valence-corrected chi connectivity index (χ2v) is 4.96. The number of benzene rings is 2. The zero-order chi connectivity index (χ0) is 16.5. The minimum absolute atomic E-state index is 0.0162. The summed E-state index contributed by atoms with van der Waals surface area (Å²) >= 11 is 0. The highest BCUT2D eigenvalue weighted by Gasteiger charge is 2.13. The topological polar surface area (TPSA) is 61.8 Å². The highest BCUT2D eigenvalue weighted by atomic mass is 16.5. The molecule has 0 fully saturated rings. The number of ether oxygens (including phenoxy) is 1. The molecule has 0 unspecified atom stereocenters. The maximum absolute atomic E-state index is 12.3. The summed E-state index contributed by atoms with van der Waals surface area (Å²) in [6, 6.07) is 16.9. The van der Waals surface area contributed by atoms with Crippen molar-refractivity contribution < 1.29 is 14.6 Å². The van der Waals surface area contributed by atoms with Gasteiger partial charge < -0.3 is 20.1 Å². The third-order valence-electron chi connectivity index (χ3n) is 3.29. The fraction of sp³-hybridized carbons (Fsp3) is 0.278. The number of rotatable bonds is 8. The number of hydrogen-bond acceptors (Lipinski definition) is 4. The molecule has 5 nitrogen and oxygen atoms in total. The van der Waals surface area contributed by atoms with Gasteiger partial charge in [-0.2, -0.15) is 0 Å². The van der Waals surface area contributed by atoms with Crippen LogP contribution in [0.25, 0.3) is 0 Å². The standard InChI is InChI=1S/C18H22N2O3/c1-2-23-17-11-7-6-10-16(17)19-18(22)14-20(12-13-21)15-8-4-3-5-9-15/h3-11,21H,2,12-14H2,1H3,(H,19,22). The van der Waals surface area contributed by atoms with Crippen LogP contribution >= 0.6 is 0 Å². The van der Waals surface area contributed by atoms with Gasteiger partial charge in [-0.15, -0.1) is 0 Å². The van der Waals surface area contributed by atoms with Gasteiger partial charge in [0.1, 0.15) is 5.75 Å². The summed E-state index contributed by atoms with van der Waals surface area (Å²) in [5, 5.41) is 12.1. The first-order valence-corrected chi connectivity index (χ1v) is 7.67. The van der Waals surface area contributed by atoms with Crippen molar-refractivity contribution in [2.75, 3.05) is 36.5 Å². The number of amides is 1. The van der Waals surface area contributed by atoms with Gasteiger partial charge in [-0.25, -0.2) is 0 Å². The SMILES string of the molecule is CCOc1ccccc1NC(=O)CN(CCO)c1ccccc1. The molecule has 2 aromatic carbocycles. The maximum Gasteiger partial charge on any atom is 0.243 e. The van der Waals surface area contributed by atoms with Crippen LogP contribution in [-0.2, 0) is 4.79 Å². The van der Waals surface area contributed by atoms with Gasteiger partial charge in [0, 0.05) is 12.2 Å². The molecule has 0 spiro atoms. The number of nitrogens with zero attached hydrogens (tertiary/aromatic N) is 1. The molecule has 5 heteroatoms. The molecule has 122 valence electrons. The lowest BCUT2D eigenvalue weighted by molar-refractivity contribution is -0.115. The van der Waals surface area contributed by atoms with Crippen molar-refractivity contribution in [2.24, 2.45) is 0 Å². The highest BCUT2D eigenvalue weighted by molar-refractivity contribution is 5.95. The predicted molar refractivity (Wildman–Crippen MR) is 92.0 cm³/mol. The van der Waals surface area contributed by atoms with Crippen LogP contribution in [0.3, 0.4) is 0 Å². The third kappa shape index (κ3) is 5.00. The number of aliphatic hydroxyl groups excluding tert-OH is 1. The summed E-state index contributed by atoms with van der Waals surface area (Å²) < 4.78 is 5.51. The summed E-state index contributed by atoms with van der Waals surface area (Å²) in [6.07, 6.45) is 0. The van der Waals surface area contributed by atoms with E-state index in [1.54, 1.807) is 0 Å². The predicted octanol–water partition coefficient (Wildman–Crippen LogP) is 2.52.